The lowest BCUT2D eigenvalue weighted by Crippen LogP contribution is -2.49. The monoisotopic (exact) mass is 391 g/mol. The number of rotatable bonds is 6. The highest BCUT2D eigenvalue weighted by molar-refractivity contribution is 5.94. The SMILES string of the molecule is CCOC(=O)N1CCN(c2cc(C(=O)NCCN3CCOCC3)ccn2)CC1. The second-order valence-electron chi connectivity index (χ2n) is 6.79. The second kappa shape index (κ2) is 10.2. The quantitative estimate of drug-likeness (QED) is 0.752. The first-order valence-corrected chi connectivity index (χ1v) is 9.88. The van der Waals surface area contributed by atoms with Crippen molar-refractivity contribution in [1.29, 1.82) is 0 Å². The highest BCUT2D eigenvalue weighted by atomic mass is 16.6. The molecule has 2 aliphatic rings. The fourth-order valence-electron chi connectivity index (χ4n) is 3.32. The molecule has 3 rings (SSSR count). The van der Waals surface area contributed by atoms with Gasteiger partial charge in [0.1, 0.15) is 5.82 Å². The summed E-state index contributed by atoms with van der Waals surface area (Å²) in [7, 11) is 0. The molecular weight excluding hydrogens is 362 g/mol. The van der Waals surface area contributed by atoms with E-state index in [0.29, 0.717) is 44.9 Å². The van der Waals surface area contributed by atoms with Crippen molar-refractivity contribution in [3.8, 4) is 0 Å². The van der Waals surface area contributed by atoms with Crippen LogP contribution in [-0.2, 0) is 9.47 Å². The molecule has 0 saturated carbocycles. The smallest absolute Gasteiger partial charge is 0.409 e. The van der Waals surface area contributed by atoms with Crippen LogP contribution in [0.25, 0.3) is 0 Å². The number of nitrogens with zero attached hydrogens (tertiary/aromatic N) is 4. The van der Waals surface area contributed by atoms with Crippen molar-refractivity contribution in [1.82, 2.24) is 20.1 Å². The molecule has 0 bridgehead atoms. The van der Waals surface area contributed by atoms with Gasteiger partial charge in [-0.2, -0.15) is 0 Å². The highest BCUT2D eigenvalue weighted by Gasteiger charge is 2.23. The maximum Gasteiger partial charge on any atom is 0.409 e. The van der Waals surface area contributed by atoms with Gasteiger partial charge in [-0.15, -0.1) is 0 Å². The zero-order valence-corrected chi connectivity index (χ0v) is 16.4. The average Bonchev–Trinajstić information content (AvgIpc) is 2.75. The van der Waals surface area contributed by atoms with Crippen LogP contribution in [0.5, 0.6) is 0 Å². The van der Waals surface area contributed by atoms with Gasteiger partial charge in [0.2, 0.25) is 0 Å². The van der Waals surface area contributed by atoms with Crippen molar-refractivity contribution in [3.05, 3.63) is 23.9 Å². The van der Waals surface area contributed by atoms with Gasteiger partial charge in [-0.05, 0) is 19.1 Å². The van der Waals surface area contributed by atoms with Crippen LogP contribution in [0, 0.1) is 0 Å². The summed E-state index contributed by atoms with van der Waals surface area (Å²) in [5.74, 6) is 0.659. The highest BCUT2D eigenvalue weighted by Crippen LogP contribution is 2.15. The number of piperazine rings is 1. The number of carbonyl (C=O) groups is 2. The van der Waals surface area contributed by atoms with E-state index in [1.165, 1.54) is 0 Å². The molecule has 0 aliphatic carbocycles. The van der Waals surface area contributed by atoms with Crippen molar-refractivity contribution in [2.24, 2.45) is 0 Å². The molecule has 1 aromatic rings. The number of amides is 2. The van der Waals surface area contributed by atoms with Crippen LogP contribution in [-0.4, -0.2) is 99.0 Å². The topological polar surface area (TPSA) is 87.2 Å². The van der Waals surface area contributed by atoms with Gasteiger partial charge in [-0.3, -0.25) is 9.69 Å². The minimum atomic E-state index is -0.275. The number of aromatic nitrogens is 1. The summed E-state index contributed by atoms with van der Waals surface area (Å²) in [5, 5.41) is 2.98. The summed E-state index contributed by atoms with van der Waals surface area (Å²) in [5.41, 5.74) is 0.597. The summed E-state index contributed by atoms with van der Waals surface area (Å²) in [4.78, 5) is 34.7. The molecule has 1 N–H and O–H groups in total. The van der Waals surface area contributed by atoms with Gasteiger partial charge in [-0.25, -0.2) is 9.78 Å². The molecule has 3 heterocycles. The molecule has 0 spiro atoms. The minimum absolute atomic E-state index is 0.0953. The predicted octanol–water partition coefficient (Wildman–Crippen LogP) is 0.422. The maximum atomic E-state index is 12.5. The lowest BCUT2D eigenvalue weighted by molar-refractivity contribution is 0.0383. The molecule has 9 nitrogen and oxygen atoms in total. The molecule has 0 radical (unpaired) electrons. The third-order valence-electron chi connectivity index (χ3n) is 4.95. The number of anilines is 1. The molecule has 28 heavy (non-hydrogen) atoms. The van der Waals surface area contributed by atoms with Crippen LogP contribution in [0.15, 0.2) is 18.3 Å². The Balaban J connectivity index is 1.48. The van der Waals surface area contributed by atoms with E-state index in [2.05, 4.69) is 20.1 Å². The number of hydrogen-bond donors (Lipinski definition) is 1. The number of carbonyl (C=O) groups excluding carboxylic acids is 2. The first-order chi connectivity index (χ1) is 13.7. The Morgan fingerprint density at radius 2 is 1.93 bits per heavy atom. The van der Waals surface area contributed by atoms with Crippen LogP contribution in [0.2, 0.25) is 0 Å². The molecule has 2 aliphatic heterocycles. The first-order valence-electron chi connectivity index (χ1n) is 9.88. The van der Waals surface area contributed by atoms with Crippen LogP contribution in [0.3, 0.4) is 0 Å². The largest absolute Gasteiger partial charge is 0.450 e. The summed E-state index contributed by atoms with van der Waals surface area (Å²) >= 11 is 0. The Morgan fingerprint density at radius 1 is 1.18 bits per heavy atom. The zero-order valence-electron chi connectivity index (χ0n) is 16.4. The molecule has 2 saturated heterocycles. The second-order valence-corrected chi connectivity index (χ2v) is 6.79. The van der Waals surface area contributed by atoms with E-state index in [1.807, 2.05) is 6.07 Å². The number of ether oxygens (including phenoxy) is 2. The van der Waals surface area contributed by atoms with E-state index in [4.69, 9.17) is 9.47 Å². The van der Waals surface area contributed by atoms with Crippen molar-refractivity contribution in [2.45, 2.75) is 6.92 Å². The van der Waals surface area contributed by atoms with E-state index in [-0.39, 0.29) is 12.0 Å². The summed E-state index contributed by atoms with van der Waals surface area (Å²) in [6.45, 7) is 9.42. The lowest BCUT2D eigenvalue weighted by atomic mass is 10.2. The standard InChI is InChI=1S/C19H29N5O4/c1-2-28-19(26)24-9-7-23(8-10-24)17-15-16(3-4-20-17)18(25)21-5-6-22-11-13-27-14-12-22/h3-4,15H,2,5-14H2,1H3,(H,21,25). The number of hydrogen-bond acceptors (Lipinski definition) is 7. The normalized spacial score (nSPS) is 18.0. The minimum Gasteiger partial charge on any atom is -0.450 e. The molecule has 154 valence electrons. The number of morpholine rings is 1. The summed E-state index contributed by atoms with van der Waals surface area (Å²) < 4.78 is 10.4. The number of pyridine rings is 1. The predicted molar refractivity (Wildman–Crippen MR) is 105 cm³/mol. The van der Waals surface area contributed by atoms with E-state index < -0.39 is 0 Å². The molecule has 2 fully saturated rings. The van der Waals surface area contributed by atoms with Gasteiger partial charge in [-0.1, -0.05) is 0 Å². The molecule has 9 heteroatoms. The van der Waals surface area contributed by atoms with Gasteiger partial charge < -0.3 is 24.6 Å². The fourth-order valence-corrected chi connectivity index (χ4v) is 3.32. The van der Waals surface area contributed by atoms with Crippen molar-refractivity contribution < 1.29 is 19.1 Å². The van der Waals surface area contributed by atoms with Crippen LogP contribution in [0.1, 0.15) is 17.3 Å². The van der Waals surface area contributed by atoms with Gasteiger partial charge in [0, 0.05) is 64.1 Å². The van der Waals surface area contributed by atoms with E-state index in [0.717, 1.165) is 38.7 Å². The molecular formula is C19H29N5O4. The van der Waals surface area contributed by atoms with Crippen LogP contribution >= 0.6 is 0 Å². The zero-order chi connectivity index (χ0) is 19.8. The van der Waals surface area contributed by atoms with Crippen LogP contribution in [0.4, 0.5) is 10.6 Å². The molecule has 1 aromatic heterocycles. The first kappa shape index (κ1) is 20.3. The van der Waals surface area contributed by atoms with E-state index in [9.17, 15) is 9.59 Å². The van der Waals surface area contributed by atoms with Gasteiger partial charge >= 0.3 is 6.09 Å². The molecule has 0 unspecified atom stereocenters. The van der Waals surface area contributed by atoms with Crippen molar-refractivity contribution >= 4 is 17.8 Å². The molecule has 0 atom stereocenters. The Bertz CT molecular complexity index is 657. The van der Waals surface area contributed by atoms with Gasteiger partial charge in [0.05, 0.1) is 19.8 Å². The third-order valence-corrected chi connectivity index (χ3v) is 4.95. The van der Waals surface area contributed by atoms with Gasteiger partial charge in [0.15, 0.2) is 0 Å². The summed E-state index contributed by atoms with van der Waals surface area (Å²) in [6.07, 6.45) is 1.38. The molecule has 2 amide bonds. The third kappa shape index (κ3) is 5.56. The molecule has 0 aromatic carbocycles. The average molecular weight is 391 g/mol. The van der Waals surface area contributed by atoms with Crippen molar-refractivity contribution in [3.63, 3.8) is 0 Å². The van der Waals surface area contributed by atoms with Gasteiger partial charge in [0.25, 0.3) is 5.91 Å². The maximum absolute atomic E-state index is 12.5. The Kier molecular flexibility index (Phi) is 7.44. The Hall–Kier alpha value is -2.39. The number of nitrogens with one attached hydrogen (secondary N) is 1. The Morgan fingerprint density at radius 3 is 2.64 bits per heavy atom. The lowest BCUT2D eigenvalue weighted by Gasteiger charge is -2.34. The Labute approximate surface area is 165 Å². The summed E-state index contributed by atoms with van der Waals surface area (Å²) in [6, 6.07) is 3.53. The van der Waals surface area contributed by atoms with E-state index >= 15 is 0 Å². The fraction of sp³-hybridized carbons (Fsp3) is 0.632. The van der Waals surface area contributed by atoms with E-state index in [1.54, 1.807) is 24.1 Å². The van der Waals surface area contributed by atoms with Crippen LogP contribution < -0.4 is 10.2 Å². The van der Waals surface area contributed by atoms with Crippen molar-refractivity contribution in [2.75, 3.05) is 77.1 Å².